The zero-order valence-electron chi connectivity index (χ0n) is 12.3. The van der Waals surface area contributed by atoms with Crippen LogP contribution in [0.1, 0.15) is 21.8 Å². The Morgan fingerprint density at radius 3 is 2.86 bits per heavy atom. The van der Waals surface area contributed by atoms with Gasteiger partial charge in [0.1, 0.15) is 9.88 Å². The number of carbonyl (C=O) groups excluding carboxylic acids is 1. The van der Waals surface area contributed by atoms with Crippen molar-refractivity contribution < 1.29 is 9.90 Å². The van der Waals surface area contributed by atoms with E-state index < -0.39 is 5.60 Å². The van der Waals surface area contributed by atoms with Crippen molar-refractivity contribution in [1.29, 1.82) is 0 Å². The van der Waals surface area contributed by atoms with Crippen LogP contribution in [0.3, 0.4) is 0 Å². The van der Waals surface area contributed by atoms with Gasteiger partial charge in [0.05, 0.1) is 11.3 Å². The maximum atomic E-state index is 12.4. The normalized spacial score (nSPS) is 21.0. The van der Waals surface area contributed by atoms with E-state index in [0.29, 0.717) is 17.2 Å². The van der Waals surface area contributed by atoms with Crippen molar-refractivity contribution in [3.8, 4) is 10.6 Å². The molecule has 1 fully saturated rings. The Hall–Kier alpha value is -1.37. The molecule has 116 valence electrons. The van der Waals surface area contributed by atoms with Crippen LogP contribution < -0.4 is 5.32 Å². The number of nitrogens with zero attached hydrogens (tertiary/aromatic N) is 1. The highest BCUT2D eigenvalue weighted by atomic mass is 32.2. The minimum absolute atomic E-state index is 0.150. The summed E-state index contributed by atoms with van der Waals surface area (Å²) in [4.78, 5) is 17.5. The molecule has 2 N–H and O–H groups in total. The zero-order chi connectivity index (χ0) is 15.6. The molecule has 1 aliphatic rings. The SMILES string of the molecule is Cc1nc(-c2ccccc2)sc1C(=O)NCC1(O)CCSC1. The number of aromatic nitrogens is 1. The molecule has 1 saturated heterocycles. The number of benzene rings is 1. The average Bonchev–Trinajstić information content (AvgIpc) is 3.13. The van der Waals surface area contributed by atoms with Gasteiger partial charge in [-0.2, -0.15) is 11.8 Å². The molecule has 6 heteroatoms. The van der Waals surface area contributed by atoms with Gasteiger partial charge in [0.15, 0.2) is 0 Å². The van der Waals surface area contributed by atoms with E-state index in [1.165, 1.54) is 11.3 Å². The van der Waals surface area contributed by atoms with Gasteiger partial charge in [0.2, 0.25) is 0 Å². The van der Waals surface area contributed by atoms with E-state index in [9.17, 15) is 9.90 Å². The van der Waals surface area contributed by atoms with E-state index >= 15 is 0 Å². The highest BCUT2D eigenvalue weighted by Gasteiger charge is 2.32. The lowest BCUT2D eigenvalue weighted by Gasteiger charge is -2.21. The lowest BCUT2D eigenvalue weighted by molar-refractivity contribution is 0.0613. The predicted molar refractivity (Wildman–Crippen MR) is 91.5 cm³/mol. The van der Waals surface area contributed by atoms with E-state index in [1.54, 1.807) is 11.8 Å². The Bertz CT molecular complexity index is 664. The summed E-state index contributed by atoms with van der Waals surface area (Å²) in [6.07, 6.45) is 0.731. The number of aliphatic hydroxyl groups is 1. The van der Waals surface area contributed by atoms with Crippen molar-refractivity contribution >= 4 is 29.0 Å². The molecule has 2 heterocycles. The van der Waals surface area contributed by atoms with E-state index in [-0.39, 0.29) is 5.91 Å². The van der Waals surface area contributed by atoms with Crippen molar-refractivity contribution in [2.24, 2.45) is 0 Å². The Morgan fingerprint density at radius 2 is 2.18 bits per heavy atom. The fourth-order valence-corrected chi connectivity index (χ4v) is 4.66. The maximum Gasteiger partial charge on any atom is 0.263 e. The molecular formula is C16H18N2O2S2. The summed E-state index contributed by atoms with van der Waals surface area (Å²) in [6.45, 7) is 2.15. The molecule has 4 nitrogen and oxygen atoms in total. The van der Waals surface area contributed by atoms with Crippen LogP contribution in [0, 0.1) is 6.92 Å². The smallest absolute Gasteiger partial charge is 0.263 e. The molecule has 3 rings (SSSR count). The quantitative estimate of drug-likeness (QED) is 0.902. The number of thiazole rings is 1. The second kappa shape index (κ2) is 6.40. The first-order chi connectivity index (χ1) is 10.6. The van der Waals surface area contributed by atoms with Crippen LogP contribution in [0.2, 0.25) is 0 Å². The number of hydrogen-bond acceptors (Lipinski definition) is 5. The minimum atomic E-state index is -0.763. The van der Waals surface area contributed by atoms with Crippen LogP contribution in [-0.4, -0.2) is 39.6 Å². The fraction of sp³-hybridized carbons (Fsp3) is 0.375. The Kier molecular flexibility index (Phi) is 4.52. The number of rotatable bonds is 4. The van der Waals surface area contributed by atoms with Crippen LogP contribution >= 0.6 is 23.1 Å². The third-order valence-corrected chi connectivity index (χ3v) is 6.12. The molecule has 0 radical (unpaired) electrons. The molecule has 1 amide bonds. The Balaban J connectivity index is 1.72. The average molecular weight is 334 g/mol. The van der Waals surface area contributed by atoms with Crippen molar-refractivity contribution in [3.05, 3.63) is 40.9 Å². The van der Waals surface area contributed by atoms with Crippen molar-refractivity contribution in [2.45, 2.75) is 18.9 Å². The van der Waals surface area contributed by atoms with Crippen molar-refractivity contribution in [3.63, 3.8) is 0 Å². The minimum Gasteiger partial charge on any atom is -0.387 e. The van der Waals surface area contributed by atoms with E-state index in [2.05, 4.69) is 10.3 Å². The molecule has 0 saturated carbocycles. The second-order valence-corrected chi connectivity index (χ2v) is 7.61. The number of carbonyl (C=O) groups is 1. The van der Waals surface area contributed by atoms with Gasteiger partial charge in [0.25, 0.3) is 5.91 Å². The lowest BCUT2D eigenvalue weighted by Crippen LogP contribution is -2.42. The van der Waals surface area contributed by atoms with Gasteiger partial charge >= 0.3 is 0 Å². The number of amides is 1. The van der Waals surface area contributed by atoms with E-state index in [4.69, 9.17) is 0 Å². The zero-order valence-corrected chi connectivity index (χ0v) is 14.0. The highest BCUT2D eigenvalue weighted by molar-refractivity contribution is 7.99. The summed E-state index contributed by atoms with van der Waals surface area (Å²) in [5.41, 5.74) is 0.982. The predicted octanol–water partition coefficient (Wildman–Crippen LogP) is 2.72. The van der Waals surface area contributed by atoms with Crippen LogP contribution in [0.5, 0.6) is 0 Å². The fourth-order valence-electron chi connectivity index (χ4n) is 2.37. The van der Waals surface area contributed by atoms with Gasteiger partial charge in [-0.15, -0.1) is 11.3 Å². The van der Waals surface area contributed by atoms with Crippen LogP contribution in [0.25, 0.3) is 10.6 Å². The Morgan fingerprint density at radius 1 is 1.41 bits per heavy atom. The first kappa shape index (κ1) is 15.5. The summed E-state index contributed by atoms with van der Waals surface area (Å²) in [7, 11) is 0. The maximum absolute atomic E-state index is 12.4. The van der Waals surface area contributed by atoms with Gasteiger partial charge in [0, 0.05) is 17.9 Å². The second-order valence-electron chi connectivity index (χ2n) is 5.51. The molecule has 1 unspecified atom stereocenters. The van der Waals surface area contributed by atoms with Crippen molar-refractivity contribution in [2.75, 3.05) is 18.1 Å². The third kappa shape index (κ3) is 3.34. The van der Waals surface area contributed by atoms with Gasteiger partial charge in [-0.1, -0.05) is 30.3 Å². The summed E-state index contributed by atoms with van der Waals surface area (Å²) < 4.78 is 0. The largest absolute Gasteiger partial charge is 0.387 e. The molecular weight excluding hydrogens is 316 g/mol. The molecule has 22 heavy (non-hydrogen) atoms. The summed E-state index contributed by atoms with van der Waals surface area (Å²) >= 11 is 3.11. The summed E-state index contributed by atoms with van der Waals surface area (Å²) in [5, 5.41) is 14.0. The van der Waals surface area contributed by atoms with Crippen LogP contribution in [-0.2, 0) is 0 Å². The number of hydrogen-bond donors (Lipinski definition) is 2. The van der Waals surface area contributed by atoms with Gasteiger partial charge in [-0.05, 0) is 19.1 Å². The first-order valence-corrected chi connectivity index (χ1v) is 9.16. The molecule has 1 aromatic heterocycles. The van der Waals surface area contributed by atoms with Gasteiger partial charge in [-0.3, -0.25) is 4.79 Å². The first-order valence-electron chi connectivity index (χ1n) is 7.19. The molecule has 1 aromatic carbocycles. The Labute approximate surface area is 138 Å². The summed E-state index contributed by atoms with van der Waals surface area (Å²) in [5.74, 6) is 1.48. The van der Waals surface area contributed by atoms with Gasteiger partial charge in [-0.25, -0.2) is 4.98 Å². The monoisotopic (exact) mass is 334 g/mol. The lowest BCUT2D eigenvalue weighted by atomic mass is 10.0. The summed E-state index contributed by atoms with van der Waals surface area (Å²) in [6, 6.07) is 9.84. The van der Waals surface area contributed by atoms with E-state index in [1.807, 2.05) is 37.3 Å². The number of thioether (sulfide) groups is 1. The topological polar surface area (TPSA) is 62.2 Å². The third-order valence-electron chi connectivity index (χ3n) is 3.68. The van der Waals surface area contributed by atoms with E-state index in [0.717, 1.165) is 28.4 Å². The molecule has 0 spiro atoms. The number of aryl methyl sites for hydroxylation is 1. The highest BCUT2D eigenvalue weighted by Crippen LogP contribution is 2.29. The standard InChI is InChI=1S/C16H18N2O2S2/c1-11-13(14(19)17-9-16(20)7-8-21-10-16)22-15(18-11)12-5-3-2-4-6-12/h2-6,20H,7-10H2,1H3,(H,17,19). The molecule has 0 bridgehead atoms. The van der Waals surface area contributed by atoms with Gasteiger partial charge < -0.3 is 10.4 Å². The molecule has 0 aliphatic carbocycles. The molecule has 1 atom stereocenters. The van der Waals surface area contributed by atoms with Crippen molar-refractivity contribution in [1.82, 2.24) is 10.3 Å². The van der Waals surface area contributed by atoms with Crippen LogP contribution in [0.4, 0.5) is 0 Å². The molecule has 2 aromatic rings. The molecule has 1 aliphatic heterocycles. The van der Waals surface area contributed by atoms with Crippen LogP contribution in [0.15, 0.2) is 30.3 Å². The number of nitrogens with one attached hydrogen (secondary N) is 1.